The summed E-state index contributed by atoms with van der Waals surface area (Å²) < 4.78 is 5.03. The zero-order valence-electron chi connectivity index (χ0n) is 17.0. The monoisotopic (exact) mass is 376 g/mol. The Morgan fingerprint density at radius 2 is 1.75 bits per heavy atom. The van der Waals surface area contributed by atoms with Crippen LogP contribution < -0.4 is 0 Å². The van der Waals surface area contributed by atoms with E-state index >= 15 is 0 Å². The first-order valence-corrected chi connectivity index (χ1v) is 10.7. The summed E-state index contributed by atoms with van der Waals surface area (Å²) in [5.41, 5.74) is 3.85. The largest absolute Gasteiger partial charge is 0.466 e. The van der Waals surface area contributed by atoms with Gasteiger partial charge in [0, 0.05) is 12.3 Å². The van der Waals surface area contributed by atoms with Gasteiger partial charge in [0.1, 0.15) is 0 Å². The fourth-order valence-corrected chi connectivity index (χ4v) is 4.20. The van der Waals surface area contributed by atoms with Gasteiger partial charge in [0.25, 0.3) is 0 Å². The molecular formula is C26H32O2. The second kappa shape index (κ2) is 10.8. The number of esters is 1. The van der Waals surface area contributed by atoms with E-state index in [-0.39, 0.29) is 5.97 Å². The van der Waals surface area contributed by atoms with Crippen molar-refractivity contribution >= 4 is 12.0 Å². The Labute approximate surface area is 169 Å². The Morgan fingerprint density at radius 1 is 1.04 bits per heavy atom. The van der Waals surface area contributed by atoms with E-state index in [9.17, 15) is 4.79 Å². The van der Waals surface area contributed by atoms with Crippen molar-refractivity contribution in [1.29, 1.82) is 0 Å². The minimum Gasteiger partial charge on any atom is -0.466 e. The maximum absolute atomic E-state index is 11.6. The molecule has 0 aliphatic heterocycles. The normalized spacial score (nSPS) is 16.2. The van der Waals surface area contributed by atoms with Crippen molar-refractivity contribution in [3.05, 3.63) is 77.4 Å². The standard InChI is InChI=1S/C26H32O2/c1-2-28-26(27)20-16-22-13-17-24(18-14-22)25(23-11-7-4-8-12-23)19-15-21-9-5-3-6-10-21/h3,5-6,9-10,13-15,17-19,23,25H,2,4,7-8,11-12,16,20H2,1H3/b19-15+. The number of hydrogen-bond acceptors (Lipinski definition) is 2. The van der Waals surface area contributed by atoms with E-state index in [0.29, 0.717) is 18.9 Å². The maximum Gasteiger partial charge on any atom is 0.306 e. The molecule has 0 N–H and O–H groups in total. The Balaban J connectivity index is 1.72. The number of carbonyl (C=O) groups excluding carboxylic acids is 1. The van der Waals surface area contributed by atoms with Crippen LogP contribution in [0.1, 0.15) is 68.1 Å². The molecule has 0 amide bonds. The van der Waals surface area contributed by atoms with E-state index in [1.165, 1.54) is 48.8 Å². The van der Waals surface area contributed by atoms with Crippen LogP contribution >= 0.6 is 0 Å². The van der Waals surface area contributed by atoms with Crippen LogP contribution in [0.2, 0.25) is 0 Å². The Bertz CT molecular complexity index is 740. The van der Waals surface area contributed by atoms with Crippen molar-refractivity contribution in [3.63, 3.8) is 0 Å². The molecule has 1 aliphatic carbocycles. The molecule has 148 valence electrons. The van der Waals surface area contributed by atoms with Gasteiger partial charge in [0.15, 0.2) is 0 Å². The van der Waals surface area contributed by atoms with Gasteiger partial charge in [0.05, 0.1) is 6.61 Å². The fraction of sp³-hybridized carbons (Fsp3) is 0.423. The van der Waals surface area contributed by atoms with E-state index in [2.05, 4.69) is 66.7 Å². The van der Waals surface area contributed by atoms with Crippen LogP contribution in [-0.2, 0) is 16.0 Å². The third-order valence-corrected chi connectivity index (χ3v) is 5.74. The number of hydrogen-bond donors (Lipinski definition) is 0. The van der Waals surface area contributed by atoms with Crippen LogP contribution in [0.3, 0.4) is 0 Å². The molecule has 3 rings (SSSR count). The number of benzene rings is 2. The summed E-state index contributed by atoms with van der Waals surface area (Å²) in [4.78, 5) is 11.6. The lowest BCUT2D eigenvalue weighted by Gasteiger charge is -2.29. The first-order chi connectivity index (χ1) is 13.8. The molecule has 2 aromatic rings. The molecule has 0 saturated heterocycles. The predicted molar refractivity (Wildman–Crippen MR) is 116 cm³/mol. The lowest BCUT2D eigenvalue weighted by Crippen LogP contribution is -2.15. The molecule has 0 spiro atoms. The molecule has 1 aliphatic rings. The highest BCUT2D eigenvalue weighted by Crippen LogP contribution is 2.37. The first-order valence-electron chi connectivity index (χ1n) is 10.7. The van der Waals surface area contributed by atoms with Crippen LogP contribution in [-0.4, -0.2) is 12.6 Å². The third kappa shape index (κ3) is 6.09. The number of carbonyl (C=O) groups is 1. The van der Waals surface area contributed by atoms with Crippen molar-refractivity contribution in [2.45, 2.75) is 57.8 Å². The van der Waals surface area contributed by atoms with Crippen LogP contribution in [0.25, 0.3) is 6.08 Å². The molecule has 1 atom stereocenters. The van der Waals surface area contributed by atoms with Crippen molar-refractivity contribution in [2.24, 2.45) is 5.92 Å². The Kier molecular flexibility index (Phi) is 7.90. The first kappa shape index (κ1) is 20.4. The van der Waals surface area contributed by atoms with Gasteiger partial charge < -0.3 is 4.74 Å². The highest BCUT2D eigenvalue weighted by atomic mass is 16.5. The minimum absolute atomic E-state index is 0.113. The van der Waals surface area contributed by atoms with Gasteiger partial charge in [-0.2, -0.15) is 0 Å². The summed E-state index contributed by atoms with van der Waals surface area (Å²) in [6.07, 6.45) is 12.6. The molecule has 0 radical (unpaired) electrons. The highest BCUT2D eigenvalue weighted by molar-refractivity contribution is 5.69. The van der Waals surface area contributed by atoms with E-state index in [1.807, 2.05) is 6.92 Å². The molecule has 2 nitrogen and oxygen atoms in total. The van der Waals surface area contributed by atoms with Crippen LogP contribution in [0.4, 0.5) is 0 Å². The van der Waals surface area contributed by atoms with Crippen LogP contribution in [0, 0.1) is 5.92 Å². The summed E-state index contributed by atoms with van der Waals surface area (Å²) >= 11 is 0. The molecule has 2 aromatic carbocycles. The Hall–Kier alpha value is -2.35. The zero-order valence-corrected chi connectivity index (χ0v) is 17.0. The van der Waals surface area contributed by atoms with Gasteiger partial charge >= 0.3 is 5.97 Å². The SMILES string of the molecule is CCOC(=O)CCc1ccc(C(/C=C/c2ccccc2)C2CCCCC2)cc1. The van der Waals surface area contributed by atoms with Crippen molar-refractivity contribution < 1.29 is 9.53 Å². The van der Waals surface area contributed by atoms with Gasteiger partial charge in [0.2, 0.25) is 0 Å². The number of aryl methyl sites for hydroxylation is 1. The number of ether oxygens (including phenoxy) is 1. The topological polar surface area (TPSA) is 26.3 Å². The molecular weight excluding hydrogens is 344 g/mol. The number of rotatable bonds is 8. The quantitative estimate of drug-likeness (QED) is 0.488. The van der Waals surface area contributed by atoms with Gasteiger partial charge in [-0.25, -0.2) is 0 Å². The van der Waals surface area contributed by atoms with E-state index < -0.39 is 0 Å². The fourth-order valence-electron chi connectivity index (χ4n) is 4.20. The average Bonchev–Trinajstić information content (AvgIpc) is 2.75. The van der Waals surface area contributed by atoms with Gasteiger partial charge in [-0.1, -0.05) is 86.0 Å². The molecule has 0 heterocycles. The minimum atomic E-state index is -0.113. The predicted octanol–water partition coefficient (Wildman–Crippen LogP) is 6.56. The summed E-state index contributed by atoms with van der Waals surface area (Å²) in [6.45, 7) is 2.30. The van der Waals surface area contributed by atoms with E-state index in [0.717, 1.165) is 12.3 Å². The lowest BCUT2D eigenvalue weighted by atomic mass is 9.76. The van der Waals surface area contributed by atoms with E-state index in [1.54, 1.807) is 0 Å². The maximum atomic E-state index is 11.6. The van der Waals surface area contributed by atoms with Crippen molar-refractivity contribution in [2.75, 3.05) is 6.61 Å². The molecule has 28 heavy (non-hydrogen) atoms. The molecule has 0 aromatic heterocycles. The average molecular weight is 377 g/mol. The highest BCUT2D eigenvalue weighted by Gasteiger charge is 2.23. The van der Waals surface area contributed by atoms with Gasteiger partial charge in [-0.15, -0.1) is 0 Å². The summed E-state index contributed by atoms with van der Waals surface area (Å²) in [5, 5.41) is 0. The zero-order chi connectivity index (χ0) is 19.6. The van der Waals surface area contributed by atoms with Crippen LogP contribution in [0.5, 0.6) is 0 Å². The lowest BCUT2D eigenvalue weighted by molar-refractivity contribution is -0.143. The third-order valence-electron chi connectivity index (χ3n) is 5.74. The summed E-state index contributed by atoms with van der Waals surface area (Å²) in [5.74, 6) is 1.07. The molecule has 0 bridgehead atoms. The molecule has 1 saturated carbocycles. The van der Waals surface area contributed by atoms with Crippen molar-refractivity contribution in [1.82, 2.24) is 0 Å². The van der Waals surface area contributed by atoms with Crippen molar-refractivity contribution in [3.8, 4) is 0 Å². The van der Waals surface area contributed by atoms with E-state index in [4.69, 9.17) is 4.74 Å². The molecule has 2 heteroatoms. The second-order valence-electron chi connectivity index (χ2n) is 7.74. The smallest absolute Gasteiger partial charge is 0.306 e. The van der Waals surface area contributed by atoms with Crippen LogP contribution in [0.15, 0.2) is 60.7 Å². The molecule has 1 unspecified atom stereocenters. The van der Waals surface area contributed by atoms with Gasteiger partial charge in [-0.05, 0) is 48.8 Å². The summed E-state index contributed by atoms with van der Waals surface area (Å²) in [7, 11) is 0. The summed E-state index contributed by atoms with van der Waals surface area (Å²) in [6, 6.07) is 19.4. The Morgan fingerprint density at radius 3 is 2.43 bits per heavy atom. The van der Waals surface area contributed by atoms with Gasteiger partial charge in [-0.3, -0.25) is 4.79 Å². The second-order valence-corrected chi connectivity index (χ2v) is 7.74. The number of allylic oxidation sites excluding steroid dienone is 1. The molecule has 1 fully saturated rings.